The van der Waals surface area contributed by atoms with Crippen molar-refractivity contribution in [2.24, 2.45) is 5.92 Å². The fourth-order valence-electron chi connectivity index (χ4n) is 4.27. The second-order valence-corrected chi connectivity index (χ2v) is 10.1. The molecular formula is C26H42N4O4. The monoisotopic (exact) mass is 474 g/mol. The molecule has 0 aromatic carbocycles. The van der Waals surface area contributed by atoms with Crippen molar-refractivity contribution in [1.29, 1.82) is 0 Å². The van der Waals surface area contributed by atoms with Crippen LogP contribution in [0.3, 0.4) is 0 Å². The number of hydrogen-bond acceptors (Lipinski definition) is 5. The van der Waals surface area contributed by atoms with Gasteiger partial charge >= 0.3 is 6.09 Å². The smallest absolute Gasteiger partial charge is 0.407 e. The van der Waals surface area contributed by atoms with Crippen LogP contribution in [0.25, 0.3) is 0 Å². The molecule has 1 fully saturated rings. The highest BCUT2D eigenvalue weighted by Gasteiger charge is 2.42. The van der Waals surface area contributed by atoms with Crippen molar-refractivity contribution < 1.29 is 19.1 Å². The Morgan fingerprint density at radius 2 is 1.62 bits per heavy atom. The molecule has 1 aliphatic heterocycles. The van der Waals surface area contributed by atoms with E-state index in [0.29, 0.717) is 13.1 Å². The van der Waals surface area contributed by atoms with E-state index in [1.54, 1.807) is 24.3 Å². The van der Waals surface area contributed by atoms with Gasteiger partial charge in [0, 0.05) is 39.0 Å². The van der Waals surface area contributed by atoms with Crippen molar-refractivity contribution in [3.8, 4) is 0 Å². The van der Waals surface area contributed by atoms with E-state index in [-0.39, 0.29) is 36.3 Å². The molecule has 0 bridgehead atoms. The summed E-state index contributed by atoms with van der Waals surface area (Å²) in [5, 5.41) is 5.82. The number of carbonyl (C=O) groups is 3. The molecule has 1 aliphatic rings. The van der Waals surface area contributed by atoms with E-state index in [2.05, 4.69) is 15.6 Å². The van der Waals surface area contributed by atoms with E-state index >= 15 is 0 Å². The zero-order valence-electron chi connectivity index (χ0n) is 21.3. The first-order chi connectivity index (χ1) is 16.2. The van der Waals surface area contributed by atoms with Crippen molar-refractivity contribution in [1.82, 2.24) is 20.5 Å². The maximum Gasteiger partial charge on any atom is 0.407 e. The number of nitrogens with one attached hydrogen (secondary N) is 2. The second kappa shape index (κ2) is 13.9. The summed E-state index contributed by atoms with van der Waals surface area (Å²) >= 11 is 0. The van der Waals surface area contributed by atoms with Gasteiger partial charge in [0.1, 0.15) is 5.60 Å². The average Bonchev–Trinajstić information content (AvgIpc) is 3.08. The minimum absolute atomic E-state index is 0.00498. The molecule has 1 aromatic heterocycles. The fourth-order valence-corrected chi connectivity index (χ4v) is 4.27. The van der Waals surface area contributed by atoms with Crippen molar-refractivity contribution in [2.45, 2.75) is 90.2 Å². The van der Waals surface area contributed by atoms with Crippen LogP contribution in [0.4, 0.5) is 4.79 Å². The standard InChI is InChI=1S/C26H42N4O4/c1-26(2,3)34-25(33)29-17-12-10-8-6-5-7-9-11-16-28-24(32)21-18-22(31)30(4)23(21)20-14-13-15-27-19-20/h13-15,19,21,23H,5-12,16-18H2,1-4H3,(H,28,32)(H,29,33)/t21-,23+/m0/s1. The Bertz CT molecular complexity index is 779. The summed E-state index contributed by atoms with van der Waals surface area (Å²) in [5.74, 6) is -0.423. The fraction of sp³-hybridized carbons (Fsp3) is 0.692. The lowest BCUT2D eigenvalue weighted by molar-refractivity contribution is -0.128. The average molecular weight is 475 g/mol. The highest BCUT2D eigenvalue weighted by atomic mass is 16.6. The molecule has 0 aliphatic carbocycles. The number of rotatable bonds is 13. The molecule has 2 atom stereocenters. The van der Waals surface area contributed by atoms with E-state index in [9.17, 15) is 14.4 Å². The van der Waals surface area contributed by atoms with Crippen molar-refractivity contribution in [2.75, 3.05) is 20.1 Å². The summed E-state index contributed by atoms with van der Waals surface area (Å²) in [6.45, 7) is 6.87. The number of amides is 3. The number of hydrogen-bond donors (Lipinski definition) is 2. The van der Waals surface area contributed by atoms with Gasteiger partial charge in [0.05, 0.1) is 12.0 Å². The molecule has 2 heterocycles. The molecule has 8 nitrogen and oxygen atoms in total. The molecule has 0 unspecified atom stereocenters. The van der Waals surface area contributed by atoms with E-state index in [1.807, 2.05) is 32.9 Å². The Balaban J connectivity index is 1.50. The van der Waals surface area contributed by atoms with Crippen LogP contribution in [-0.4, -0.2) is 53.5 Å². The molecule has 1 aromatic rings. The van der Waals surface area contributed by atoms with Crippen LogP contribution in [0.1, 0.15) is 90.2 Å². The van der Waals surface area contributed by atoms with Gasteiger partial charge in [-0.1, -0.05) is 44.6 Å². The third-order valence-corrected chi connectivity index (χ3v) is 6.02. The van der Waals surface area contributed by atoms with Crippen molar-refractivity contribution in [3.05, 3.63) is 30.1 Å². The largest absolute Gasteiger partial charge is 0.444 e. The van der Waals surface area contributed by atoms with Gasteiger partial charge in [-0.05, 0) is 45.2 Å². The molecule has 0 saturated carbocycles. The molecule has 190 valence electrons. The number of likely N-dealkylation sites (tertiary alicyclic amines) is 1. The van der Waals surface area contributed by atoms with Crippen LogP contribution in [-0.2, 0) is 14.3 Å². The van der Waals surface area contributed by atoms with Gasteiger partial charge in [0.25, 0.3) is 0 Å². The minimum Gasteiger partial charge on any atom is -0.444 e. The second-order valence-electron chi connectivity index (χ2n) is 10.1. The van der Waals surface area contributed by atoms with Crippen LogP contribution in [0.5, 0.6) is 0 Å². The highest BCUT2D eigenvalue weighted by molar-refractivity contribution is 5.90. The molecule has 34 heavy (non-hydrogen) atoms. The molecule has 0 spiro atoms. The van der Waals surface area contributed by atoms with E-state index in [4.69, 9.17) is 4.74 Å². The van der Waals surface area contributed by atoms with Gasteiger partial charge in [0.15, 0.2) is 0 Å². The topological polar surface area (TPSA) is 101 Å². The lowest BCUT2D eigenvalue weighted by Gasteiger charge is -2.24. The Morgan fingerprint density at radius 1 is 1.03 bits per heavy atom. The minimum atomic E-state index is -0.457. The summed E-state index contributed by atoms with van der Waals surface area (Å²) in [6, 6.07) is 3.51. The molecule has 0 radical (unpaired) electrons. The third-order valence-electron chi connectivity index (χ3n) is 6.02. The Kier molecular flexibility index (Phi) is 11.3. The van der Waals surface area contributed by atoms with Crippen LogP contribution >= 0.6 is 0 Å². The predicted octanol–water partition coefficient (Wildman–Crippen LogP) is 4.36. The molecule has 3 amide bonds. The van der Waals surface area contributed by atoms with Gasteiger partial charge in [-0.3, -0.25) is 14.6 Å². The van der Waals surface area contributed by atoms with Crippen molar-refractivity contribution in [3.63, 3.8) is 0 Å². The zero-order chi connectivity index (χ0) is 25.0. The molecule has 2 rings (SSSR count). The zero-order valence-corrected chi connectivity index (χ0v) is 21.3. The van der Waals surface area contributed by atoms with Gasteiger partial charge in [0.2, 0.25) is 11.8 Å². The number of ether oxygens (including phenoxy) is 1. The first kappa shape index (κ1) is 27.6. The lowest BCUT2D eigenvalue weighted by atomic mass is 9.94. The number of unbranched alkanes of at least 4 members (excludes halogenated alkanes) is 7. The maximum absolute atomic E-state index is 12.7. The number of aromatic nitrogens is 1. The number of nitrogens with zero attached hydrogens (tertiary/aromatic N) is 2. The Morgan fingerprint density at radius 3 is 2.18 bits per heavy atom. The normalized spacial score (nSPS) is 18.1. The third kappa shape index (κ3) is 9.69. The Hall–Kier alpha value is -2.64. The SMILES string of the molecule is CN1C(=O)C[C@H](C(=O)NCCCCCCCCCCNC(=O)OC(C)(C)C)[C@H]1c1cccnc1. The van der Waals surface area contributed by atoms with Crippen LogP contribution in [0, 0.1) is 5.92 Å². The first-order valence-electron chi connectivity index (χ1n) is 12.6. The summed E-state index contributed by atoms with van der Waals surface area (Å²) < 4.78 is 5.21. The summed E-state index contributed by atoms with van der Waals surface area (Å²) in [5.41, 5.74) is 0.443. The first-order valence-corrected chi connectivity index (χ1v) is 12.6. The maximum atomic E-state index is 12.7. The Labute approximate surface area is 204 Å². The van der Waals surface area contributed by atoms with Crippen molar-refractivity contribution >= 4 is 17.9 Å². The van der Waals surface area contributed by atoms with Gasteiger partial charge in [-0.15, -0.1) is 0 Å². The van der Waals surface area contributed by atoms with Gasteiger partial charge in [-0.25, -0.2) is 4.79 Å². The van der Waals surface area contributed by atoms with E-state index in [1.165, 1.54) is 12.8 Å². The number of pyridine rings is 1. The molecule has 1 saturated heterocycles. The number of carbonyl (C=O) groups excluding carboxylic acids is 3. The van der Waals surface area contributed by atoms with Crippen LogP contribution < -0.4 is 10.6 Å². The van der Waals surface area contributed by atoms with Gasteiger partial charge in [-0.2, -0.15) is 0 Å². The van der Waals surface area contributed by atoms with E-state index < -0.39 is 5.60 Å². The summed E-state index contributed by atoms with van der Waals surface area (Å²) in [6.07, 6.45) is 12.1. The predicted molar refractivity (Wildman–Crippen MR) is 132 cm³/mol. The van der Waals surface area contributed by atoms with Crippen LogP contribution in [0.15, 0.2) is 24.5 Å². The van der Waals surface area contributed by atoms with E-state index in [0.717, 1.165) is 44.1 Å². The molecular weight excluding hydrogens is 432 g/mol. The number of alkyl carbamates (subject to hydrolysis) is 1. The summed E-state index contributed by atoms with van der Waals surface area (Å²) in [4.78, 5) is 42.3. The van der Waals surface area contributed by atoms with Crippen LogP contribution in [0.2, 0.25) is 0 Å². The molecule has 8 heteroatoms. The quantitative estimate of drug-likeness (QED) is 0.414. The lowest BCUT2D eigenvalue weighted by Crippen LogP contribution is -2.35. The molecule has 2 N–H and O–H groups in total. The highest BCUT2D eigenvalue weighted by Crippen LogP contribution is 2.36. The summed E-state index contributed by atoms with van der Waals surface area (Å²) in [7, 11) is 1.75. The van der Waals surface area contributed by atoms with Gasteiger partial charge < -0.3 is 20.3 Å².